The molecule has 0 spiro atoms. The van der Waals surface area contributed by atoms with Gasteiger partial charge in [0.15, 0.2) is 0 Å². The van der Waals surface area contributed by atoms with E-state index in [9.17, 15) is 0 Å². The third-order valence-corrected chi connectivity index (χ3v) is 4.67. The Morgan fingerprint density at radius 3 is 2.95 bits per heavy atom. The summed E-state index contributed by atoms with van der Waals surface area (Å²) in [7, 11) is 0. The van der Waals surface area contributed by atoms with Gasteiger partial charge >= 0.3 is 0 Å². The molecule has 0 aromatic carbocycles. The van der Waals surface area contributed by atoms with Crippen LogP contribution in [0.2, 0.25) is 0 Å². The maximum Gasteiger partial charge on any atom is 0.136 e. The number of ether oxygens (including phenoxy) is 1. The number of thiocarbonyl (C=S) groups is 1. The maximum atomic E-state index is 5.90. The number of nitrogens with two attached hydrogens (primary N) is 1. The molecule has 0 amide bonds. The predicted octanol–water partition coefficient (Wildman–Crippen LogP) is 2.57. The van der Waals surface area contributed by atoms with Crippen molar-refractivity contribution in [3.8, 4) is 0 Å². The number of nitrogens with zero attached hydrogens (tertiary/aromatic N) is 1. The summed E-state index contributed by atoms with van der Waals surface area (Å²) in [6, 6.07) is 2.35. The lowest BCUT2D eigenvalue weighted by molar-refractivity contribution is 0.0995. The van der Waals surface area contributed by atoms with Crippen molar-refractivity contribution in [2.24, 2.45) is 5.73 Å². The van der Waals surface area contributed by atoms with Gasteiger partial charge in [-0.3, -0.25) is 0 Å². The zero-order valence-corrected chi connectivity index (χ0v) is 13.3. The molecule has 1 aromatic heterocycles. The summed E-state index contributed by atoms with van der Waals surface area (Å²) in [5.41, 5.74) is 9.27. The largest absolute Gasteiger partial charge is 0.389 e. The number of anilines is 1. The van der Waals surface area contributed by atoms with E-state index in [1.54, 1.807) is 0 Å². The molecule has 0 saturated carbocycles. The van der Waals surface area contributed by atoms with E-state index >= 15 is 0 Å². The van der Waals surface area contributed by atoms with Gasteiger partial charge in [0.05, 0.1) is 17.7 Å². The van der Waals surface area contributed by atoms with Crippen LogP contribution in [0.5, 0.6) is 0 Å². The molecule has 21 heavy (non-hydrogen) atoms. The Hall–Kier alpha value is -1.20. The van der Waals surface area contributed by atoms with Gasteiger partial charge in [-0.25, -0.2) is 4.98 Å². The van der Waals surface area contributed by atoms with E-state index in [1.807, 2.05) is 0 Å². The minimum absolute atomic E-state index is 0.217. The van der Waals surface area contributed by atoms with Gasteiger partial charge < -0.3 is 15.8 Å². The lowest BCUT2D eigenvalue weighted by Crippen LogP contribution is -2.32. The molecule has 1 fully saturated rings. The first-order valence-corrected chi connectivity index (χ1v) is 8.26. The van der Waals surface area contributed by atoms with Gasteiger partial charge in [0.25, 0.3) is 0 Å². The fraction of sp³-hybridized carbons (Fsp3) is 0.625. The van der Waals surface area contributed by atoms with Crippen LogP contribution in [-0.4, -0.2) is 28.7 Å². The topological polar surface area (TPSA) is 60.2 Å². The molecule has 1 aliphatic heterocycles. The Bertz CT molecular complexity index is 541. The van der Waals surface area contributed by atoms with E-state index in [4.69, 9.17) is 27.7 Å². The summed E-state index contributed by atoms with van der Waals surface area (Å²) in [4.78, 5) is 5.23. The first-order valence-electron chi connectivity index (χ1n) is 7.86. The van der Waals surface area contributed by atoms with Crippen LogP contribution in [-0.2, 0) is 17.6 Å². The van der Waals surface area contributed by atoms with Crippen LogP contribution in [0.1, 0.15) is 49.4 Å². The molecule has 1 aliphatic carbocycles. The number of hydrogen-bond donors (Lipinski definition) is 2. The Labute approximate surface area is 131 Å². The molecule has 3 rings (SSSR count). The summed E-state index contributed by atoms with van der Waals surface area (Å²) < 4.78 is 5.75. The van der Waals surface area contributed by atoms with E-state index in [1.165, 1.54) is 24.1 Å². The van der Waals surface area contributed by atoms with Gasteiger partial charge in [-0.15, -0.1) is 0 Å². The highest BCUT2D eigenvalue weighted by atomic mass is 32.1. The molecule has 3 N–H and O–H groups in total. The third-order valence-electron chi connectivity index (χ3n) is 4.45. The zero-order chi connectivity index (χ0) is 14.8. The molecule has 1 saturated heterocycles. The number of fused-ring (bicyclic) bond motifs is 1. The summed E-state index contributed by atoms with van der Waals surface area (Å²) >= 11 is 5.21. The molecule has 2 atom stereocenters. The number of pyridine rings is 1. The van der Waals surface area contributed by atoms with Crippen LogP contribution in [0.15, 0.2) is 6.07 Å². The quantitative estimate of drug-likeness (QED) is 0.837. The number of nitrogens with one attached hydrogen (secondary N) is 1. The van der Waals surface area contributed by atoms with Crippen LogP contribution in [0.3, 0.4) is 0 Å². The standard InChI is InChI=1S/C16H23N3OS/c1-10(14-7-4-8-20-14)18-16-12(15(17)21)9-11-5-2-3-6-13(11)19-16/h9-10,14H,2-8H2,1H3,(H2,17,21)(H,18,19). The van der Waals surface area contributed by atoms with Crippen molar-refractivity contribution < 1.29 is 4.74 Å². The molecule has 2 heterocycles. The summed E-state index contributed by atoms with van der Waals surface area (Å²) in [6.45, 7) is 3.00. The molecule has 5 heteroatoms. The maximum absolute atomic E-state index is 5.90. The Kier molecular flexibility index (Phi) is 4.40. The Morgan fingerprint density at radius 1 is 1.43 bits per heavy atom. The molecule has 0 radical (unpaired) electrons. The third kappa shape index (κ3) is 3.19. The smallest absolute Gasteiger partial charge is 0.136 e. The highest BCUT2D eigenvalue weighted by molar-refractivity contribution is 7.80. The van der Waals surface area contributed by atoms with Crippen molar-refractivity contribution in [2.75, 3.05) is 11.9 Å². The van der Waals surface area contributed by atoms with Crippen molar-refractivity contribution in [1.29, 1.82) is 0 Å². The molecule has 0 bridgehead atoms. The highest BCUT2D eigenvalue weighted by Gasteiger charge is 2.24. The molecular formula is C16H23N3OS. The average Bonchev–Trinajstić information content (AvgIpc) is 3.00. The van der Waals surface area contributed by atoms with Crippen molar-refractivity contribution in [1.82, 2.24) is 4.98 Å². The van der Waals surface area contributed by atoms with Crippen LogP contribution in [0.25, 0.3) is 0 Å². The second-order valence-electron chi connectivity index (χ2n) is 6.05. The first-order chi connectivity index (χ1) is 10.1. The SMILES string of the molecule is CC(Nc1nc2c(cc1C(N)=S)CCCC2)C1CCCO1. The second kappa shape index (κ2) is 6.28. The highest BCUT2D eigenvalue weighted by Crippen LogP contribution is 2.26. The Balaban J connectivity index is 1.86. The first kappa shape index (κ1) is 14.7. The summed E-state index contributed by atoms with van der Waals surface area (Å²) in [6.07, 6.45) is 7.06. The number of rotatable bonds is 4. The predicted molar refractivity (Wildman–Crippen MR) is 88.8 cm³/mol. The van der Waals surface area contributed by atoms with Crippen molar-refractivity contribution in [3.63, 3.8) is 0 Å². The second-order valence-corrected chi connectivity index (χ2v) is 6.49. The Morgan fingerprint density at radius 2 is 2.24 bits per heavy atom. The van der Waals surface area contributed by atoms with Crippen LogP contribution in [0.4, 0.5) is 5.82 Å². The lowest BCUT2D eigenvalue weighted by Gasteiger charge is -2.24. The molecule has 2 aliphatic rings. The zero-order valence-electron chi connectivity index (χ0n) is 12.5. The van der Waals surface area contributed by atoms with Gasteiger partial charge in [0.1, 0.15) is 10.8 Å². The lowest BCUT2D eigenvalue weighted by atomic mass is 9.94. The van der Waals surface area contributed by atoms with Crippen molar-refractivity contribution in [3.05, 3.63) is 22.9 Å². The van der Waals surface area contributed by atoms with Crippen LogP contribution >= 0.6 is 12.2 Å². The van der Waals surface area contributed by atoms with E-state index in [2.05, 4.69) is 18.3 Å². The molecule has 114 valence electrons. The number of aryl methyl sites for hydroxylation is 2. The molecule has 2 unspecified atom stereocenters. The van der Waals surface area contributed by atoms with Gasteiger partial charge in [0, 0.05) is 12.3 Å². The van der Waals surface area contributed by atoms with E-state index in [-0.39, 0.29) is 12.1 Å². The normalized spacial score (nSPS) is 22.6. The van der Waals surface area contributed by atoms with E-state index in [0.29, 0.717) is 4.99 Å². The summed E-state index contributed by atoms with van der Waals surface area (Å²) in [5.74, 6) is 0.825. The van der Waals surface area contributed by atoms with Crippen molar-refractivity contribution >= 4 is 23.0 Å². The molecule has 1 aromatic rings. The fourth-order valence-electron chi connectivity index (χ4n) is 3.24. The van der Waals surface area contributed by atoms with E-state index < -0.39 is 0 Å². The number of aromatic nitrogens is 1. The minimum atomic E-state index is 0.217. The van der Waals surface area contributed by atoms with Crippen LogP contribution in [0, 0.1) is 0 Å². The van der Waals surface area contributed by atoms with E-state index in [0.717, 1.165) is 43.7 Å². The van der Waals surface area contributed by atoms with Gasteiger partial charge in [0.2, 0.25) is 0 Å². The van der Waals surface area contributed by atoms with Gasteiger partial charge in [-0.2, -0.15) is 0 Å². The van der Waals surface area contributed by atoms with Gasteiger partial charge in [-0.05, 0) is 57.1 Å². The monoisotopic (exact) mass is 305 g/mol. The molecule has 4 nitrogen and oxygen atoms in total. The minimum Gasteiger partial charge on any atom is -0.389 e. The van der Waals surface area contributed by atoms with Crippen LogP contribution < -0.4 is 11.1 Å². The van der Waals surface area contributed by atoms with Gasteiger partial charge in [-0.1, -0.05) is 12.2 Å². The average molecular weight is 305 g/mol. The van der Waals surface area contributed by atoms with Crippen molar-refractivity contribution in [2.45, 2.75) is 57.6 Å². The summed E-state index contributed by atoms with van der Waals surface area (Å²) in [5, 5.41) is 3.48. The number of hydrogen-bond acceptors (Lipinski definition) is 4. The molecular weight excluding hydrogens is 282 g/mol. The fourth-order valence-corrected chi connectivity index (χ4v) is 3.39.